The predicted octanol–water partition coefficient (Wildman–Crippen LogP) is 1.61. The molecule has 0 bridgehead atoms. The highest BCUT2D eigenvalue weighted by molar-refractivity contribution is 5.82. The molecule has 0 aromatic heterocycles. The average Bonchev–Trinajstić information content (AvgIpc) is 2.67. The van der Waals surface area contributed by atoms with Crippen molar-refractivity contribution in [1.82, 2.24) is 9.80 Å². The van der Waals surface area contributed by atoms with Gasteiger partial charge in [-0.2, -0.15) is 0 Å². The number of carbonyl (C=O) groups is 2. The number of rotatable bonds is 2. The SMILES string of the molecule is CC(C(=O)O)N(C)C(=O)N1CCc2ccccc2CC1. The largest absolute Gasteiger partial charge is 0.480 e. The number of carboxylic acids is 1. The first-order valence-electron chi connectivity index (χ1n) is 6.82. The molecular weight excluding hydrogens is 256 g/mol. The molecule has 108 valence electrons. The summed E-state index contributed by atoms with van der Waals surface area (Å²) >= 11 is 0. The van der Waals surface area contributed by atoms with E-state index in [1.807, 2.05) is 12.1 Å². The Kier molecular flexibility index (Phi) is 4.27. The average molecular weight is 276 g/mol. The highest BCUT2D eigenvalue weighted by Gasteiger charge is 2.27. The van der Waals surface area contributed by atoms with Crippen LogP contribution < -0.4 is 0 Å². The van der Waals surface area contributed by atoms with Crippen LogP contribution in [0.5, 0.6) is 0 Å². The Hall–Kier alpha value is -2.04. The number of benzene rings is 1. The van der Waals surface area contributed by atoms with Gasteiger partial charge in [0.2, 0.25) is 0 Å². The van der Waals surface area contributed by atoms with E-state index in [9.17, 15) is 9.59 Å². The van der Waals surface area contributed by atoms with Crippen LogP contribution in [0.25, 0.3) is 0 Å². The minimum absolute atomic E-state index is 0.215. The van der Waals surface area contributed by atoms with Crippen molar-refractivity contribution in [2.45, 2.75) is 25.8 Å². The van der Waals surface area contributed by atoms with Crippen molar-refractivity contribution < 1.29 is 14.7 Å². The summed E-state index contributed by atoms with van der Waals surface area (Å²) in [5, 5.41) is 8.98. The van der Waals surface area contributed by atoms with Gasteiger partial charge in [0.25, 0.3) is 0 Å². The lowest BCUT2D eigenvalue weighted by molar-refractivity contribution is -0.141. The molecule has 1 aliphatic heterocycles. The molecule has 0 saturated carbocycles. The Balaban J connectivity index is 2.05. The number of carboxylic acid groups (broad SMARTS) is 1. The monoisotopic (exact) mass is 276 g/mol. The van der Waals surface area contributed by atoms with Crippen LogP contribution in [0.15, 0.2) is 24.3 Å². The molecule has 1 heterocycles. The quantitative estimate of drug-likeness (QED) is 0.892. The number of likely N-dealkylation sites (N-methyl/N-ethyl adjacent to an activating group) is 1. The predicted molar refractivity (Wildman–Crippen MR) is 75.7 cm³/mol. The van der Waals surface area contributed by atoms with Crippen molar-refractivity contribution in [2.24, 2.45) is 0 Å². The summed E-state index contributed by atoms with van der Waals surface area (Å²) in [6.07, 6.45) is 1.63. The van der Waals surface area contributed by atoms with Gasteiger partial charge < -0.3 is 14.9 Å². The molecule has 1 atom stereocenters. The summed E-state index contributed by atoms with van der Waals surface area (Å²) in [5.74, 6) is -0.987. The topological polar surface area (TPSA) is 60.9 Å². The third kappa shape index (κ3) is 2.92. The normalized spacial score (nSPS) is 16.0. The number of hydrogen-bond acceptors (Lipinski definition) is 2. The lowest BCUT2D eigenvalue weighted by Gasteiger charge is -2.29. The number of aliphatic carboxylic acids is 1. The second-order valence-corrected chi connectivity index (χ2v) is 5.16. The molecule has 5 nitrogen and oxygen atoms in total. The molecule has 1 unspecified atom stereocenters. The van der Waals surface area contributed by atoms with Crippen LogP contribution in [0.4, 0.5) is 4.79 Å². The van der Waals surface area contributed by atoms with E-state index in [1.54, 1.807) is 11.9 Å². The third-order valence-corrected chi connectivity index (χ3v) is 3.93. The fourth-order valence-corrected chi connectivity index (χ4v) is 2.41. The zero-order valence-corrected chi connectivity index (χ0v) is 11.9. The molecule has 5 heteroatoms. The van der Waals surface area contributed by atoms with Gasteiger partial charge in [0, 0.05) is 20.1 Å². The Morgan fingerprint density at radius 1 is 1.20 bits per heavy atom. The van der Waals surface area contributed by atoms with Crippen LogP contribution in [-0.2, 0) is 17.6 Å². The maximum atomic E-state index is 12.3. The first-order valence-corrected chi connectivity index (χ1v) is 6.82. The van der Waals surface area contributed by atoms with E-state index in [1.165, 1.54) is 23.0 Å². The number of amides is 2. The Morgan fingerprint density at radius 3 is 2.15 bits per heavy atom. The van der Waals surface area contributed by atoms with Gasteiger partial charge in [0.15, 0.2) is 0 Å². The van der Waals surface area contributed by atoms with Crippen molar-refractivity contribution >= 4 is 12.0 Å². The van der Waals surface area contributed by atoms with Gasteiger partial charge in [-0.15, -0.1) is 0 Å². The second-order valence-electron chi connectivity index (χ2n) is 5.16. The van der Waals surface area contributed by atoms with Crippen molar-refractivity contribution in [3.63, 3.8) is 0 Å². The smallest absolute Gasteiger partial charge is 0.326 e. The van der Waals surface area contributed by atoms with Crippen molar-refractivity contribution in [1.29, 1.82) is 0 Å². The summed E-state index contributed by atoms with van der Waals surface area (Å²) < 4.78 is 0. The van der Waals surface area contributed by atoms with Gasteiger partial charge in [0.05, 0.1) is 0 Å². The van der Waals surface area contributed by atoms with Crippen molar-refractivity contribution in [3.05, 3.63) is 35.4 Å². The molecule has 0 aliphatic carbocycles. The number of carbonyl (C=O) groups excluding carboxylic acids is 1. The summed E-state index contributed by atoms with van der Waals surface area (Å²) in [6.45, 7) is 2.78. The second kappa shape index (κ2) is 5.94. The van der Waals surface area contributed by atoms with Gasteiger partial charge in [-0.1, -0.05) is 24.3 Å². The molecule has 0 radical (unpaired) electrons. The number of urea groups is 1. The molecule has 1 aromatic carbocycles. The van der Waals surface area contributed by atoms with Crippen molar-refractivity contribution in [2.75, 3.05) is 20.1 Å². The summed E-state index contributed by atoms with van der Waals surface area (Å²) in [7, 11) is 1.54. The number of nitrogens with zero attached hydrogens (tertiary/aromatic N) is 2. The van der Waals surface area contributed by atoms with Crippen LogP contribution in [-0.4, -0.2) is 53.1 Å². The van der Waals surface area contributed by atoms with E-state index in [0.717, 1.165) is 12.8 Å². The highest BCUT2D eigenvalue weighted by atomic mass is 16.4. The van der Waals surface area contributed by atoms with Gasteiger partial charge >= 0.3 is 12.0 Å². The molecule has 0 spiro atoms. The van der Waals surface area contributed by atoms with Gasteiger partial charge in [0.1, 0.15) is 6.04 Å². The minimum Gasteiger partial charge on any atom is -0.480 e. The Labute approximate surface area is 118 Å². The van der Waals surface area contributed by atoms with Crippen molar-refractivity contribution in [3.8, 4) is 0 Å². The molecule has 20 heavy (non-hydrogen) atoms. The van der Waals surface area contributed by atoms with E-state index in [4.69, 9.17) is 5.11 Å². The maximum Gasteiger partial charge on any atom is 0.326 e. The van der Waals surface area contributed by atoms with Crippen LogP contribution in [0.2, 0.25) is 0 Å². The molecule has 1 N–H and O–H groups in total. The fraction of sp³-hybridized carbons (Fsp3) is 0.467. The molecule has 0 fully saturated rings. The first-order chi connectivity index (χ1) is 9.50. The van der Waals surface area contributed by atoms with E-state index < -0.39 is 12.0 Å². The van der Waals surface area contributed by atoms with Gasteiger partial charge in [-0.05, 0) is 30.9 Å². The fourth-order valence-electron chi connectivity index (χ4n) is 2.41. The van der Waals surface area contributed by atoms with E-state index in [-0.39, 0.29) is 6.03 Å². The molecule has 0 saturated heterocycles. The van der Waals surface area contributed by atoms with E-state index >= 15 is 0 Å². The summed E-state index contributed by atoms with van der Waals surface area (Å²) in [6, 6.07) is 7.17. The molecular formula is C15H20N2O3. The lowest BCUT2D eigenvalue weighted by atomic mass is 10.0. The zero-order valence-electron chi connectivity index (χ0n) is 11.9. The summed E-state index contributed by atoms with van der Waals surface area (Å²) in [5.41, 5.74) is 2.55. The summed E-state index contributed by atoms with van der Waals surface area (Å²) in [4.78, 5) is 26.3. The Morgan fingerprint density at radius 2 is 1.70 bits per heavy atom. The standard InChI is InChI=1S/C15H20N2O3/c1-11(14(18)19)16(2)15(20)17-9-7-12-5-3-4-6-13(12)8-10-17/h3-6,11H,7-10H2,1-2H3,(H,18,19). The lowest BCUT2D eigenvalue weighted by Crippen LogP contribution is -2.48. The first kappa shape index (κ1) is 14.4. The zero-order chi connectivity index (χ0) is 14.7. The number of fused-ring (bicyclic) bond motifs is 1. The molecule has 2 amide bonds. The number of hydrogen-bond donors (Lipinski definition) is 1. The van der Waals surface area contributed by atoms with Crippen LogP contribution in [0.3, 0.4) is 0 Å². The Bertz CT molecular complexity index is 489. The van der Waals surface area contributed by atoms with Gasteiger partial charge in [-0.3, -0.25) is 0 Å². The van der Waals surface area contributed by atoms with E-state index in [0.29, 0.717) is 13.1 Å². The van der Waals surface area contributed by atoms with Crippen LogP contribution >= 0.6 is 0 Å². The van der Waals surface area contributed by atoms with Crippen LogP contribution in [0.1, 0.15) is 18.1 Å². The third-order valence-electron chi connectivity index (χ3n) is 3.93. The molecule has 1 aromatic rings. The van der Waals surface area contributed by atoms with Crippen LogP contribution in [0, 0.1) is 0 Å². The highest BCUT2D eigenvalue weighted by Crippen LogP contribution is 2.16. The van der Waals surface area contributed by atoms with Gasteiger partial charge in [-0.25, -0.2) is 9.59 Å². The minimum atomic E-state index is -0.987. The van der Waals surface area contributed by atoms with E-state index in [2.05, 4.69) is 12.1 Å². The molecule has 2 rings (SSSR count). The maximum absolute atomic E-state index is 12.3. The molecule has 1 aliphatic rings.